The quantitative estimate of drug-likeness (QED) is 0.646. The Labute approximate surface area is 127 Å². The minimum atomic E-state index is -4.90. The van der Waals surface area contributed by atoms with E-state index in [-0.39, 0.29) is 11.6 Å². The van der Waals surface area contributed by atoms with Gasteiger partial charge < -0.3 is 10.2 Å². The molecule has 1 aromatic rings. The normalized spacial score (nSPS) is 15.1. The molecule has 0 fully saturated rings. The number of nitrogens with one attached hydrogen (secondary N) is 1. The molecule has 1 aliphatic heterocycles. The maximum absolute atomic E-state index is 12.7. The molecule has 0 saturated heterocycles. The largest absolute Gasteiger partial charge is 0.416 e. The van der Waals surface area contributed by atoms with Crippen molar-refractivity contribution < 1.29 is 31.1 Å². The molecule has 23 heavy (non-hydrogen) atoms. The zero-order valence-electron chi connectivity index (χ0n) is 11.6. The third-order valence-corrected chi connectivity index (χ3v) is 3.20. The van der Waals surface area contributed by atoms with Crippen molar-refractivity contribution in [2.24, 2.45) is 0 Å². The maximum atomic E-state index is 12.7. The molecular weight excluding hydrogens is 326 g/mol. The van der Waals surface area contributed by atoms with Crippen LogP contribution in [0.5, 0.6) is 0 Å². The van der Waals surface area contributed by atoms with Crippen LogP contribution in [0.25, 0.3) is 0 Å². The predicted octanol–water partition coefficient (Wildman–Crippen LogP) is 3.81. The first kappa shape index (κ1) is 17.2. The molecule has 9 heteroatoms. The number of alkyl halides is 6. The van der Waals surface area contributed by atoms with Crippen LogP contribution in [0.3, 0.4) is 0 Å². The summed E-state index contributed by atoms with van der Waals surface area (Å²) in [5.41, 5.74) is -3.08. The van der Waals surface area contributed by atoms with Crippen LogP contribution in [0, 0.1) is 0 Å². The summed E-state index contributed by atoms with van der Waals surface area (Å²) in [4.78, 5) is 13.1. The minimum absolute atomic E-state index is 0.0513. The highest BCUT2D eigenvalue weighted by Crippen LogP contribution is 2.36. The lowest BCUT2D eigenvalue weighted by molar-refractivity contribution is -0.143. The number of hydrogen-bond donors (Lipinski definition) is 1. The number of nitrogens with zero attached hydrogens (tertiary/aromatic N) is 1. The monoisotopic (exact) mass is 338 g/mol. The van der Waals surface area contributed by atoms with E-state index in [1.807, 2.05) is 0 Å². The van der Waals surface area contributed by atoms with E-state index in [4.69, 9.17) is 0 Å². The van der Waals surface area contributed by atoms with Gasteiger partial charge in [-0.15, -0.1) is 0 Å². The second-order valence-electron chi connectivity index (χ2n) is 4.95. The Morgan fingerprint density at radius 2 is 1.43 bits per heavy atom. The van der Waals surface area contributed by atoms with E-state index in [9.17, 15) is 31.1 Å². The first-order valence-electron chi connectivity index (χ1n) is 6.53. The Balaban J connectivity index is 2.18. The third kappa shape index (κ3) is 4.40. The van der Waals surface area contributed by atoms with Crippen molar-refractivity contribution in [2.75, 3.05) is 13.1 Å². The van der Waals surface area contributed by atoms with Gasteiger partial charge in [0.25, 0.3) is 0 Å². The number of rotatable bonds is 2. The molecule has 126 valence electrons. The lowest BCUT2D eigenvalue weighted by Gasteiger charge is -2.18. The Bertz CT molecular complexity index is 580. The maximum Gasteiger partial charge on any atom is 0.416 e. The summed E-state index contributed by atoms with van der Waals surface area (Å²) in [6.07, 6.45) is -6.35. The van der Waals surface area contributed by atoms with E-state index < -0.39 is 36.1 Å². The van der Waals surface area contributed by atoms with Crippen molar-refractivity contribution in [1.82, 2.24) is 10.2 Å². The lowest BCUT2D eigenvalue weighted by Crippen LogP contribution is -2.37. The van der Waals surface area contributed by atoms with Gasteiger partial charge in [0.05, 0.1) is 11.1 Å². The van der Waals surface area contributed by atoms with Gasteiger partial charge in [-0.1, -0.05) is 12.2 Å². The number of carbonyl (C=O) groups is 1. The SMILES string of the molecule is O=C(NCc1cc(C(F)(F)F)cc(C(F)(F)F)c1)N1CC=CC1. The second-order valence-corrected chi connectivity index (χ2v) is 4.95. The van der Waals surface area contributed by atoms with E-state index in [1.165, 1.54) is 4.90 Å². The number of amides is 2. The Morgan fingerprint density at radius 3 is 1.87 bits per heavy atom. The van der Waals surface area contributed by atoms with Crippen LogP contribution in [0.15, 0.2) is 30.4 Å². The Hall–Kier alpha value is -2.19. The summed E-state index contributed by atoms with van der Waals surface area (Å²) in [5.74, 6) is 0. The van der Waals surface area contributed by atoms with Crippen LogP contribution >= 0.6 is 0 Å². The summed E-state index contributed by atoms with van der Waals surface area (Å²) in [6.45, 7) is 0.271. The fourth-order valence-electron chi connectivity index (χ4n) is 2.05. The van der Waals surface area contributed by atoms with Crippen molar-refractivity contribution in [3.8, 4) is 0 Å². The molecule has 1 N–H and O–H groups in total. The van der Waals surface area contributed by atoms with Gasteiger partial charge in [0.1, 0.15) is 0 Å². The molecular formula is C14H12F6N2O. The molecule has 0 unspecified atom stereocenters. The average Bonchev–Trinajstić information content (AvgIpc) is 2.96. The Morgan fingerprint density at radius 1 is 0.957 bits per heavy atom. The van der Waals surface area contributed by atoms with Crippen molar-refractivity contribution in [2.45, 2.75) is 18.9 Å². The highest BCUT2D eigenvalue weighted by atomic mass is 19.4. The second kappa shape index (κ2) is 6.13. The van der Waals surface area contributed by atoms with Crippen LogP contribution in [-0.2, 0) is 18.9 Å². The summed E-state index contributed by atoms with van der Waals surface area (Å²) in [6, 6.07) is 0.687. The van der Waals surface area contributed by atoms with Gasteiger partial charge in [-0.25, -0.2) is 4.79 Å². The van der Waals surface area contributed by atoms with Crippen molar-refractivity contribution in [1.29, 1.82) is 0 Å². The van der Waals surface area contributed by atoms with Crippen LogP contribution in [0.1, 0.15) is 16.7 Å². The van der Waals surface area contributed by atoms with Gasteiger partial charge in [-0.3, -0.25) is 0 Å². The number of urea groups is 1. The van der Waals surface area contributed by atoms with Crippen LogP contribution in [-0.4, -0.2) is 24.0 Å². The van der Waals surface area contributed by atoms with Gasteiger partial charge in [-0.05, 0) is 23.8 Å². The van der Waals surface area contributed by atoms with E-state index in [0.29, 0.717) is 25.2 Å². The molecule has 2 amide bonds. The van der Waals surface area contributed by atoms with Gasteiger partial charge in [0, 0.05) is 19.6 Å². The van der Waals surface area contributed by atoms with Gasteiger partial charge >= 0.3 is 18.4 Å². The Kier molecular flexibility index (Phi) is 4.58. The molecule has 0 spiro atoms. The summed E-state index contributed by atoms with van der Waals surface area (Å²) in [5, 5.41) is 2.31. The van der Waals surface area contributed by atoms with E-state index in [2.05, 4.69) is 5.32 Å². The highest BCUT2D eigenvalue weighted by molar-refractivity contribution is 5.75. The molecule has 1 heterocycles. The lowest BCUT2D eigenvalue weighted by atomic mass is 10.0. The number of halogens is 6. The van der Waals surface area contributed by atoms with Crippen molar-refractivity contribution in [3.63, 3.8) is 0 Å². The number of hydrogen-bond acceptors (Lipinski definition) is 1. The summed E-state index contributed by atoms with van der Waals surface area (Å²) in [7, 11) is 0. The molecule has 0 aliphatic carbocycles. The molecule has 2 rings (SSSR count). The van der Waals surface area contributed by atoms with Gasteiger partial charge in [-0.2, -0.15) is 26.3 Å². The van der Waals surface area contributed by atoms with Gasteiger partial charge in [0.15, 0.2) is 0 Å². The third-order valence-electron chi connectivity index (χ3n) is 3.20. The minimum Gasteiger partial charge on any atom is -0.334 e. The standard InChI is InChI=1S/C14H12F6N2O/c15-13(16,17)10-5-9(6-11(7-10)14(18,19)20)8-21-12(23)22-3-1-2-4-22/h1-2,5-7H,3-4,8H2,(H,21,23). The molecule has 0 atom stereocenters. The van der Waals surface area contributed by atoms with E-state index in [0.717, 1.165) is 0 Å². The fraction of sp³-hybridized carbons (Fsp3) is 0.357. The topological polar surface area (TPSA) is 32.3 Å². The predicted molar refractivity (Wildman–Crippen MR) is 69.4 cm³/mol. The zero-order valence-corrected chi connectivity index (χ0v) is 11.6. The van der Waals surface area contributed by atoms with Crippen LogP contribution in [0.4, 0.5) is 31.1 Å². The zero-order chi connectivity index (χ0) is 17.3. The summed E-state index contributed by atoms with van der Waals surface area (Å²) >= 11 is 0. The first-order valence-corrected chi connectivity index (χ1v) is 6.53. The molecule has 1 aliphatic rings. The van der Waals surface area contributed by atoms with Crippen LogP contribution in [0.2, 0.25) is 0 Å². The molecule has 0 radical (unpaired) electrons. The number of carbonyl (C=O) groups excluding carboxylic acids is 1. The van der Waals surface area contributed by atoms with Crippen molar-refractivity contribution in [3.05, 3.63) is 47.0 Å². The van der Waals surface area contributed by atoms with Gasteiger partial charge in [0.2, 0.25) is 0 Å². The smallest absolute Gasteiger partial charge is 0.334 e. The molecule has 0 aromatic heterocycles. The molecule has 0 saturated carbocycles. The molecule has 3 nitrogen and oxygen atoms in total. The average molecular weight is 338 g/mol. The molecule has 0 bridgehead atoms. The fourth-order valence-corrected chi connectivity index (χ4v) is 2.05. The summed E-state index contributed by atoms with van der Waals surface area (Å²) < 4.78 is 76.3. The number of benzene rings is 1. The highest BCUT2D eigenvalue weighted by Gasteiger charge is 2.36. The van der Waals surface area contributed by atoms with E-state index >= 15 is 0 Å². The first-order chi connectivity index (χ1) is 10.6. The van der Waals surface area contributed by atoms with Crippen LogP contribution < -0.4 is 5.32 Å². The van der Waals surface area contributed by atoms with Crippen molar-refractivity contribution >= 4 is 6.03 Å². The van der Waals surface area contributed by atoms with E-state index in [1.54, 1.807) is 12.2 Å². The molecule has 1 aromatic carbocycles.